The van der Waals surface area contributed by atoms with Gasteiger partial charge in [0, 0.05) is 0 Å². The molecule has 1 aromatic carbocycles. The van der Waals surface area contributed by atoms with E-state index in [1.165, 1.54) is 7.11 Å². The first-order valence-electron chi connectivity index (χ1n) is 5.62. The second-order valence-electron chi connectivity index (χ2n) is 3.67. The van der Waals surface area contributed by atoms with Crippen LogP contribution in [0.3, 0.4) is 0 Å². The van der Waals surface area contributed by atoms with Crippen molar-refractivity contribution in [3.63, 3.8) is 0 Å². The molecular formula is C13H18O4. The van der Waals surface area contributed by atoms with Crippen molar-refractivity contribution in [2.45, 2.75) is 26.4 Å². The Morgan fingerprint density at radius 3 is 2.35 bits per heavy atom. The predicted octanol–water partition coefficient (Wildman–Crippen LogP) is 2.42. The van der Waals surface area contributed by atoms with Crippen LogP contribution in [0.2, 0.25) is 0 Å². The highest BCUT2D eigenvalue weighted by Gasteiger charge is 2.03. The SMILES string of the molecule is CCC(C)Oc1ccc(OCC(=O)OC)cc1. The van der Waals surface area contributed by atoms with Crippen LogP contribution in [0.1, 0.15) is 20.3 Å². The summed E-state index contributed by atoms with van der Waals surface area (Å²) >= 11 is 0. The molecule has 0 heterocycles. The third kappa shape index (κ3) is 4.76. The fourth-order valence-corrected chi connectivity index (χ4v) is 1.13. The van der Waals surface area contributed by atoms with Crippen LogP contribution in [0.25, 0.3) is 0 Å². The summed E-state index contributed by atoms with van der Waals surface area (Å²) in [5.41, 5.74) is 0. The molecule has 0 amide bonds. The minimum absolute atomic E-state index is 0.0813. The predicted molar refractivity (Wildman–Crippen MR) is 64.3 cm³/mol. The molecule has 1 rings (SSSR count). The Hall–Kier alpha value is -1.71. The van der Waals surface area contributed by atoms with Crippen molar-refractivity contribution in [1.82, 2.24) is 0 Å². The van der Waals surface area contributed by atoms with Gasteiger partial charge in [-0.05, 0) is 37.6 Å². The molecule has 0 aromatic heterocycles. The molecule has 0 saturated heterocycles. The van der Waals surface area contributed by atoms with Crippen molar-refractivity contribution in [1.29, 1.82) is 0 Å². The molecule has 1 atom stereocenters. The number of rotatable bonds is 6. The Balaban J connectivity index is 2.47. The van der Waals surface area contributed by atoms with Crippen molar-refractivity contribution in [3.05, 3.63) is 24.3 Å². The molecule has 1 unspecified atom stereocenters. The van der Waals surface area contributed by atoms with Crippen molar-refractivity contribution in [3.8, 4) is 11.5 Å². The Kier molecular flexibility index (Phi) is 5.33. The van der Waals surface area contributed by atoms with E-state index >= 15 is 0 Å². The van der Waals surface area contributed by atoms with E-state index in [0.29, 0.717) is 5.75 Å². The summed E-state index contributed by atoms with van der Waals surface area (Å²) in [6, 6.07) is 7.17. The lowest BCUT2D eigenvalue weighted by Crippen LogP contribution is -2.12. The molecule has 0 bridgehead atoms. The summed E-state index contributed by atoms with van der Waals surface area (Å²) in [5, 5.41) is 0. The fourth-order valence-electron chi connectivity index (χ4n) is 1.13. The lowest BCUT2D eigenvalue weighted by molar-refractivity contribution is -0.142. The van der Waals surface area contributed by atoms with Crippen LogP contribution in [0.5, 0.6) is 11.5 Å². The van der Waals surface area contributed by atoms with Gasteiger partial charge in [-0.2, -0.15) is 0 Å². The first-order chi connectivity index (χ1) is 8.15. The molecular weight excluding hydrogens is 220 g/mol. The molecule has 0 radical (unpaired) electrons. The topological polar surface area (TPSA) is 44.8 Å². The summed E-state index contributed by atoms with van der Waals surface area (Å²) in [7, 11) is 1.33. The molecule has 0 spiro atoms. The zero-order valence-corrected chi connectivity index (χ0v) is 10.4. The van der Waals surface area contributed by atoms with E-state index in [9.17, 15) is 4.79 Å². The number of carbonyl (C=O) groups is 1. The number of benzene rings is 1. The highest BCUT2D eigenvalue weighted by atomic mass is 16.6. The number of hydrogen-bond donors (Lipinski definition) is 0. The first-order valence-corrected chi connectivity index (χ1v) is 5.62. The van der Waals surface area contributed by atoms with Gasteiger partial charge in [0.05, 0.1) is 13.2 Å². The maximum atomic E-state index is 10.9. The number of methoxy groups -OCH3 is 1. The molecule has 1 aromatic rings. The quantitative estimate of drug-likeness (QED) is 0.714. The summed E-state index contributed by atoms with van der Waals surface area (Å²) in [6.07, 6.45) is 1.15. The maximum absolute atomic E-state index is 10.9. The van der Waals surface area contributed by atoms with Crippen LogP contribution in [0.4, 0.5) is 0 Å². The Morgan fingerprint density at radius 2 is 1.82 bits per heavy atom. The van der Waals surface area contributed by atoms with Gasteiger partial charge in [0.2, 0.25) is 0 Å². The lowest BCUT2D eigenvalue weighted by atomic mass is 10.3. The zero-order valence-electron chi connectivity index (χ0n) is 10.4. The number of carbonyl (C=O) groups excluding carboxylic acids is 1. The molecule has 4 heteroatoms. The Morgan fingerprint density at radius 1 is 1.24 bits per heavy atom. The van der Waals surface area contributed by atoms with Gasteiger partial charge in [-0.25, -0.2) is 4.79 Å². The first kappa shape index (κ1) is 13.4. The highest BCUT2D eigenvalue weighted by molar-refractivity contribution is 5.70. The normalized spacial score (nSPS) is 11.7. The second kappa shape index (κ2) is 6.78. The standard InChI is InChI=1S/C13H18O4/c1-4-10(2)17-12-7-5-11(6-8-12)16-9-13(14)15-3/h5-8,10H,4,9H2,1-3H3. The van der Waals surface area contributed by atoms with Crippen LogP contribution < -0.4 is 9.47 Å². The summed E-state index contributed by atoms with van der Waals surface area (Å²) < 4.78 is 15.3. The van der Waals surface area contributed by atoms with E-state index in [4.69, 9.17) is 9.47 Å². The van der Waals surface area contributed by atoms with Gasteiger partial charge >= 0.3 is 5.97 Å². The molecule has 0 N–H and O–H groups in total. The summed E-state index contributed by atoms with van der Waals surface area (Å²) in [6.45, 7) is 4.00. The molecule has 0 saturated carbocycles. The van der Waals surface area contributed by atoms with Crippen LogP contribution in [-0.2, 0) is 9.53 Å². The minimum atomic E-state index is -0.398. The molecule has 0 aliphatic heterocycles. The number of hydrogen-bond acceptors (Lipinski definition) is 4. The molecule has 0 aliphatic rings. The van der Waals surface area contributed by atoms with E-state index in [1.807, 2.05) is 19.1 Å². The average molecular weight is 238 g/mol. The second-order valence-corrected chi connectivity index (χ2v) is 3.67. The monoisotopic (exact) mass is 238 g/mol. The molecule has 0 fully saturated rings. The van der Waals surface area contributed by atoms with Crippen molar-refractivity contribution in [2.75, 3.05) is 13.7 Å². The number of ether oxygens (including phenoxy) is 3. The van der Waals surface area contributed by atoms with Crippen LogP contribution in [0, 0.1) is 0 Å². The third-order valence-electron chi connectivity index (χ3n) is 2.32. The highest BCUT2D eigenvalue weighted by Crippen LogP contribution is 2.19. The van der Waals surface area contributed by atoms with Gasteiger partial charge in [0.15, 0.2) is 6.61 Å². The van der Waals surface area contributed by atoms with E-state index in [2.05, 4.69) is 11.7 Å². The lowest BCUT2D eigenvalue weighted by Gasteiger charge is -2.12. The van der Waals surface area contributed by atoms with Crippen LogP contribution in [0.15, 0.2) is 24.3 Å². The van der Waals surface area contributed by atoms with Crippen molar-refractivity contribution >= 4 is 5.97 Å². The van der Waals surface area contributed by atoms with E-state index in [0.717, 1.165) is 12.2 Å². The van der Waals surface area contributed by atoms with Gasteiger partial charge in [-0.1, -0.05) is 6.92 Å². The zero-order chi connectivity index (χ0) is 12.7. The van der Waals surface area contributed by atoms with Crippen LogP contribution >= 0.6 is 0 Å². The molecule has 17 heavy (non-hydrogen) atoms. The van der Waals surface area contributed by atoms with Crippen molar-refractivity contribution < 1.29 is 19.0 Å². The Labute approximate surface area is 101 Å². The summed E-state index contributed by atoms with van der Waals surface area (Å²) in [4.78, 5) is 10.9. The maximum Gasteiger partial charge on any atom is 0.343 e. The average Bonchev–Trinajstić information content (AvgIpc) is 2.37. The van der Waals surface area contributed by atoms with Gasteiger partial charge in [-0.15, -0.1) is 0 Å². The molecule has 94 valence electrons. The third-order valence-corrected chi connectivity index (χ3v) is 2.32. The van der Waals surface area contributed by atoms with E-state index in [-0.39, 0.29) is 12.7 Å². The molecule has 4 nitrogen and oxygen atoms in total. The largest absolute Gasteiger partial charge is 0.491 e. The van der Waals surface area contributed by atoms with E-state index in [1.54, 1.807) is 12.1 Å². The van der Waals surface area contributed by atoms with Gasteiger partial charge in [0.25, 0.3) is 0 Å². The van der Waals surface area contributed by atoms with Gasteiger partial charge in [0.1, 0.15) is 11.5 Å². The number of esters is 1. The van der Waals surface area contributed by atoms with Crippen LogP contribution in [-0.4, -0.2) is 25.8 Å². The van der Waals surface area contributed by atoms with E-state index < -0.39 is 5.97 Å². The van der Waals surface area contributed by atoms with Gasteiger partial charge < -0.3 is 14.2 Å². The minimum Gasteiger partial charge on any atom is -0.491 e. The van der Waals surface area contributed by atoms with Crippen molar-refractivity contribution in [2.24, 2.45) is 0 Å². The molecule has 0 aliphatic carbocycles. The van der Waals surface area contributed by atoms with Gasteiger partial charge in [-0.3, -0.25) is 0 Å². The summed E-state index contributed by atoms with van der Waals surface area (Å²) in [5.74, 6) is 1.02. The Bertz CT molecular complexity index is 345. The smallest absolute Gasteiger partial charge is 0.343 e. The fraction of sp³-hybridized carbons (Fsp3) is 0.462.